The molecule has 2 amide bonds. The van der Waals surface area contributed by atoms with Gasteiger partial charge in [0.15, 0.2) is 0 Å². The molecule has 10 nitrogen and oxygen atoms in total. The summed E-state index contributed by atoms with van der Waals surface area (Å²) in [5, 5.41) is 2.34. The Morgan fingerprint density at radius 3 is 1.63 bits per heavy atom. The van der Waals surface area contributed by atoms with Crippen molar-refractivity contribution < 1.29 is 32.3 Å². The number of hydrogen-bond donors (Lipinski definition) is 3. The fourth-order valence-electron chi connectivity index (χ4n) is 2.25. The maximum atomic E-state index is 12.1. The van der Waals surface area contributed by atoms with Gasteiger partial charge < -0.3 is 14.8 Å². The molecular formula is C19H21N3O7S. The zero-order valence-electron chi connectivity index (χ0n) is 16.3. The Kier molecular flexibility index (Phi) is 7.76. The van der Waals surface area contributed by atoms with Gasteiger partial charge in [0.05, 0.1) is 30.0 Å². The molecule has 0 saturated heterocycles. The minimum Gasteiger partial charge on any atom is -0.462 e. The number of nitrogens with one attached hydrogen (secondary N) is 3. The number of esters is 2. The molecule has 2 aromatic rings. The Bertz CT molecular complexity index is 1000. The highest BCUT2D eigenvalue weighted by molar-refractivity contribution is 7.91. The van der Waals surface area contributed by atoms with Crippen molar-refractivity contribution >= 4 is 39.6 Å². The topological polar surface area (TPSA) is 140 Å². The van der Waals surface area contributed by atoms with E-state index in [-0.39, 0.29) is 30.2 Å². The van der Waals surface area contributed by atoms with Crippen molar-refractivity contribution in [2.24, 2.45) is 0 Å². The highest BCUT2D eigenvalue weighted by Gasteiger charge is 2.15. The summed E-state index contributed by atoms with van der Waals surface area (Å²) < 4.78 is 37.9. The summed E-state index contributed by atoms with van der Waals surface area (Å²) in [6.45, 7) is 3.81. The van der Waals surface area contributed by atoms with Gasteiger partial charge in [-0.25, -0.2) is 19.1 Å². The van der Waals surface area contributed by atoms with Crippen LogP contribution in [0, 0.1) is 0 Å². The summed E-state index contributed by atoms with van der Waals surface area (Å²) in [5.41, 5.74) is 0.969. The van der Waals surface area contributed by atoms with Crippen molar-refractivity contribution in [1.82, 2.24) is 4.72 Å². The molecule has 11 heteroatoms. The van der Waals surface area contributed by atoms with E-state index in [0.717, 1.165) is 0 Å². The smallest absolute Gasteiger partial charge is 0.338 e. The third-order valence-electron chi connectivity index (χ3n) is 3.53. The first-order chi connectivity index (χ1) is 14.2. The molecule has 0 fully saturated rings. The second kappa shape index (κ2) is 10.3. The molecule has 0 bridgehead atoms. The largest absolute Gasteiger partial charge is 0.462 e. The number of anilines is 2. The Labute approximate surface area is 173 Å². The molecule has 0 atom stereocenters. The zero-order valence-corrected chi connectivity index (χ0v) is 17.1. The molecule has 0 unspecified atom stereocenters. The van der Waals surface area contributed by atoms with Crippen LogP contribution in [0.15, 0.2) is 48.5 Å². The lowest BCUT2D eigenvalue weighted by atomic mass is 10.2. The van der Waals surface area contributed by atoms with Crippen LogP contribution in [-0.2, 0) is 19.7 Å². The number of rotatable bonds is 8. The van der Waals surface area contributed by atoms with E-state index in [9.17, 15) is 22.8 Å². The van der Waals surface area contributed by atoms with E-state index >= 15 is 0 Å². The Morgan fingerprint density at radius 1 is 0.767 bits per heavy atom. The molecule has 3 N–H and O–H groups in total. The first-order valence-corrected chi connectivity index (χ1v) is 10.4. The molecule has 2 aromatic carbocycles. The molecule has 0 heterocycles. The number of carbonyl (C=O) groups is 3. The number of benzene rings is 2. The number of urea groups is 1. The van der Waals surface area contributed by atoms with Crippen LogP contribution in [0.3, 0.4) is 0 Å². The molecular weight excluding hydrogens is 414 g/mol. The summed E-state index contributed by atoms with van der Waals surface area (Å²) in [6, 6.07) is 10.2. The maximum Gasteiger partial charge on any atom is 0.338 e. The van der Waals surface area contributed by atoms with Crippen LogP contribution in [-0.4, -0.2) is 39.6 Å². The molecule has 0 spiro atoms. The zero-order chi connectivity index (χ0) is 22.1. The fraction of sp³-hybridized carbons (Fsp3) is 0.211. The molecule has 0 radical (unpaired) electrons. The van der Waals surface area contributed by atoms with Crippen LogP contribution in [0.2, 0.25) is 0 Å². The lowest BCUT2D eigenvalue weighted by Crippen LogP contribution is -2.38. The minimum atomic E-state index is -4.23. The van der Waals surface area contributed by atoms with Crippen LogP contribution in [0.25, 0.3) is 0 Å². The second-order valence-electron chi connectivity index (χ2n) is 5.76. The first kappa shape index (κ1) is 22.7. The molecule has 2 rings (SSSR count). The van der Waals surface area contributed by atoms with Crippen LogP contribution in [0.5, 0.6) is 0 Å². The number of carbonyl (C=O) groups excluding carboxylic acids is 3. The molecule has 0 aliphatic rings. The Balaban J connectivity index is 1.94. The van der Waals surface area contributed by atoms with E-state index in [1.807, 2.05) is 0 Å². The predicted octanol–water partition coefficient (Wildman–Crippen LogP) is 2.52. The average Bonchev–Trinajstić information content (AvgIpc) is 2.68. The van der Waals surface area contributed by atoms with E-state index in [2.05, 4.69) is 10.0 Å². The van der Waals surface area contributed by atoms with Crippen LogP contribution < -0.4 is 14.8 Å². The summed E-state index contributed by atoms with van der Waals surface area (Å²) >= 11 is 0. The van der Waals surface area contributed by atoms with E-state index in [1.54, 1.807) is 18.6 Å². The van der Waals surface area contributed by atoms with Gasteiger partial charge in [-0.15, -0.1) is 0 Å². The lowest BCUT2D eigenvalue weighted by molar-refractivity contribution is 0.0517. The Hall–Kier alpha value is -3.60. The second-order valence-corrected chi connectivity index (χ2v) is 7.17. The summed E-state index contributed by atoms with van der Waals surface area (Å²) in [7, 11) is -4.23. The molecule has 0 aliphatic carbocycles. The van der Waals surface area contributed by atoms with Gasteiger partial charge >= 0.3 is 28.2 Å². The maximum absolute atomic E-state index is 12.1. The molecule has 30 heavy (non-hydrogen) atoms. The van der Waals surface area contributed by atoms with Crippen molar-refractivity contribution in [2.45, 2.75) is 13.8 Å². The van der Waals surface area contributed by atoms with Gasteiger partial charge in [0, 0.05) is 5.69 Å². The average molecular weight is 435 g/mol. The lowest BCUT2D eigenvalue weighted by Gasteiger charge is -2.11. The highest BCUT2D eigenvalue weighted by atomic mass is 32.2. The third-order valence-corrected chi connectivity index (χ3v) is 4.49. The van der Waals surface area contributed by atoms with Crippen molar-refractivity contribution in [3.8, 4) is 0 Å². The number of ether oxygens (including phenoxy) is 2. The first-order valence-electron chi connectivity index (χ1n) is 8.90. The van der Waals surface area contributed by atoms with Gasteiger partial charge in [0.1, 0.15) is 0 Å². The van der Waals surface area contributed by atoms with E-state index in [0.29, 0.717) is 5.56 Å². The highest BCUT2D eigenvalue weighted by Crippen LogP contribution is 2.13. The van der Waals surface area contributed by atoms with Crippen molar-refractivity contribution in [3.63, 3.8) is 0 Å². The molecule has 0 saturated carbocycles. The van der Waals surface area contributed by atoms with Gasteiger partial charge in [0.2, 0.25) is 0 Å². The predicted molar refractivity (Wildman–Crippen MR) is 109 cm³/mol. The number of hydrogen-bond acceptors (Lipinski definition) is 7. The Morgan fingerprint density at radius 2 is 1.20 bits per heavy atom. The van der Waals surface area contributed by atoms with Crippen molar-refractivity contribution in [1.29, 1.82) is 0 Å². The normalized spacial score (nSPS) is 10.6. The van der Waals surface area contributed by atoms with Crippen molar-refractivity contribution in [2.75, 3.05) is 23.3 Å². The van der Waals surface area contributed by atoms with Gasteiger partial charge in [-0.05, 0) is 62.4 Å². The van der Waals surface area contributed by atoms with Crippen LogP contribution in [0.4, 0.5) is 16.2 Å². The van der Waals surface area contributed by atoms with Crippen LogP contribution >= 0.6 is 0 Å². The quantitative estimate of drug-likeness (QED) is 0.541. The summed E-state index contributed by atoms with van der Waals surface area (Å²) in [6.07, 6.45) is 0. The van der Waals surface area contributed by atoms with Gasteiger partial charge in [-0.2, -0.15) is 8.42 Å². The fourth-order valence-corrected chi connectivity index (χ4v) is 3.04. The van der Waals surface area contributed by atoms with E-state index in [1.165, 1.54) is 48.5 Å². The number of amides is 2. The third kappa shape index (κ3) is 6.78. The van der Waals surface area contributed by atoms with Gasteiger partial charge in [0.25, 0.3) is 0 Å². The van der Waals surface area contributed by atoms with E-state index in [4.69, 9.17) is 9.47 Å². The van der Waals surface area contributed by atoms with Gasteiger partial charge in [-0.3, -0.25) is 4.72 Å². The molecule has 160 valence electrons. The monoisotopic (exact) mass is 435 g/mol. The van der Waals surface area contributed by atoms with E-state index < -0.39 is 28.2 Å². The van der Waals surface area contributed by atoms with Gasteiger partial charge in [-0.1, -0.05) is 0 Å². The van der Waals surface area contributed by atoms with Crippen molar-refractivity contribution in [3.05, 3.63) is 59.7 Å². The SMILES string of the molecule is CCOC(=O)c1ccc(NC(=O)NS(=O)(=O)Nc2ccc(C(=O)OCC)cc2)cc1. The summed E-state index contributed by atoms with van der Waals surface area (Å²) in [4.78, 5) is 35.2. The minimum absolute atomic E-state index is 0.141. The molecule has 0 aliphatic heterocycles. The van der Waals surface area contributed by atoms with Crippen LogP contribution in [0.1, 0.15) is 34.6 Å². The standard InChI is InChI=1S/C19H21N3O7S/c1-3-28-17(23)13-5-9-15(10-6-13)20-19(25)22-30(26,27)21-16-11-7-14(8-12-16)18(24)29-4-2/h5-12,21H,3-4H2,1-2H3,(H2,20,22,25). The molecule has 0 aromatic heterocycles. The summed E-state index contributed by atoms with van der Waals surface area (Å²) in [5.74, 6) is -1.03.